The summed E-state index contributed by atoms with van der Waals surface area (Å²) in [5.41, 5.74) is 5.69. The number of carbonyl (C=O) groups excluding carboxylic acids is 3. The Labute approximate surface area is 157 Å². The zero-order valence-corrected chi connectivity index (χ0v) is 15.7. The average Bonchev–Trinajstić information content (AvgIpc) is 3.16. The van der Waals surface area contributed by atoms with Gasteiger partial charge in [0.25, 0.3) is 5.91 Å². The van der Waals surface area contributed by atoms with Gasteiger partial charge < -0.3 is 15.2 Å². The van der Waals surface area contributed by atoms with Gasteiger partial charge in [0.2, 0.25) is 0 Å². The highest BCUT2D eigenvalue weighted by molar-refractivity contribution is 5.92. The fraction of sp³-hybridized carbons (Fsp3) is 0.611. The van der Waals surface area contributed by atoms with E-state index in [1.54, 1.807) is 0 Å². The molecule has 9 heteroatoms. The first-order valence-electron chi connectivity index (χ1n) is 8.87. The van der Waals surface area contributed by atoms with Gasteiger partial charge in [-0.1, -0.05) is 18.1 Å². The van der Waals surface area contributed by atoms with Crippen LogP contribution in [0.3, 0.4) is 0 Å². The third-order valence-electron chi connectivity index (χ3n) is 4.23. The Morgan fingerprint density at radius 1 is 1.26 bits per heavy atom. The number of rotatable bonds is 6. The zero-order valence-electron chi connectivity index (χ0n) is 15.7. The Morgan fingerprint density at radius 2 is 2.00 bits per heavy atom. The summed E-state index contributed by atoms with van der Waals surface area (Å²) in [5.74, 6) is 4.36. The number of hydrogen-bond donors (Lipinski definition) is 1. The fourth-order valence-electron chi connectivity index (χ4n) is 3.12. The van der Waals surface area contributed by atoms with E-state index in [1.807, 2.05) is 6.92 Å². The molecule has 1 amide bonds. The van der Waals surface area contributed by atoms with Crippen LogP contribution in [0, 0.1) is 17.8 Å². The third-order valence-corrected chi connectivity index (χ3v) is 4.23. The first-order chi connectivity index (χ1) is 12.8. The minimum Gasteiger partial charge on any atom is -0.466 e. The number of unbranched alkanes of at least 4 members (excludes halogenated alkanes) is 1. The zero-order chi connectivity index (χ0) is 20.0. The van der Waals surface area contributed by atoms with Crippen molar-refractivity contribution in [2.45, 2.75) is 58.6 Å². The number of carbonyl (C=O) groups is 3. The molecule has 0 spiro atoms. The molecule has 3 atom stereocenters. The van der Waals surface area contributed by atoms with E-state index in [0.717, 1.165) is 6.42 Å². The molecule has 1 aliphatic rings. The quantitative estimate of drug-likeness (QED) is 0.579. The van der Waals surface area contributed by atoms with Crippen molar-refractivity contribution in [3.05, 3.63) is 11.4 Å². The van der Waals surface area contributed by atoms with Crippen molar-refractivity contribution in [1.29, 1.82) is 0 Å². The van der Waals surface area contributed by atoms with Crippen molar-refractivity contribution < 1.29 is 23.9 Å². The summed E-state index contributed by atoms with van der Waals surface area (Å²) in [4.78, 5) is 34.3. The Balaban J connectivity index is 2.34. The molecule has 2 rings (SSSR count). The molecule has 146 valence electrons. The number of nitrogens with zero attached hydrogens (tertiary/aromatic N) is 3. The number of aromatic nitrogens is 3. The lowest BCUT2D eigenvalue weighted by Crippen LogP contribution is -2.26. The number of amides is 1. The first kappa shape index (κ1) is 20.4. The number of nitrogens with two attached hydrogens (primary N) is 1. The third kappa shape index (κ3) is 5.29. The SMILES string of the molecule is CCCC#Cc1c(C(N)=O)nnn1[C@H]1C[C@@H](COC(C)=O)C[C@@H]1OC(C)=O. The van der Waals surface area contributed by atoms with Crippen LogP contribution in [0.2, 0.25) is 0 Å². The Kier molecular flexibility index (Phi) is 6.93. The van der Waals surface area contributed by atoms with Gasteiger partial charge in [-0.25, -0.2) is 4.68 Å². The number of ether oxygens (including phenoxy) is 2. The molecule has 1 saturated carbocycles. The lowest BCUT2D eigenvalue weighted by atomic mass is 10.1. The van der Waals surface area contributed by atoms with Crippen LogP contribution in [0.4, 0.5) is 0 Å². The van der Waals surface area contributed by atoms with Crippen LogP contribution in [0.25, 0.3) is 0 Å². The molecular formula is C18H24N4O5. The summed E-state index contributed by atoms with van der Waals surface area (Å²) >= 11 is 0. The monoisotopic (exact) mass is 376 g/mol. The van der Waals surface area contributed by atoms with Crippen LogP contribution in [-0.4, -0.2) is 45.6 Å². The molecule has 1 aromatic heterocycles. The van der Waals surface area contributed by atoms with Gasteiger partial charge in [-0.2, -0.15) is 0 Å². The molecule has 0 aliphatic heterocycles. The molecule has 1 aromatic rings. The highest BCUT2D eigenvalue weighted by Crippen LogP contribution is 2.37. The van der Waals surface area contributed by atoms with Crippen LogP contribution in [0.1, 0.15) is 68.7 Å². The van der Waals surface area contributed by atoms with E-state index in [1.165, 1.54) is 18.5 Å². The van der Waals surface area contributed by atoms with Gasteiger partial charge in [0.1, 0.15) is 11.8 Å². The van der Waals surface area contributed by atoms with Crippen molar-refractivity contribution in [2.75, 3.05) is 6.61 Å². The van der Waals surface area contributed by atoms with Crippen LogP contribution in [0.5, 0.6) is 0 Å². The van der Waals surface area contributed by atoms with Crippen LogP contribution < -0.4 is 5.73 Å². The molecule has 0 bridgehead atoms. The van der Waals surface area contributed by atoms with Gasteiger partial charge in [-0.05, 0) is 31.1 Å². The summed E-state index contributed by atoms with van der Waals surface area (Å²) in [5, 5.41) is 7.91. The first-order valence-corrected chi connectivity index (χ1v) is 8.87. The van der Waals surface area contributed by atoms with Gasteiger partial charge in [0.15, 0.2) is 5.69 Å². The Bertz CT molecular complexity index is 776. The second kappa shape index (κ2) is 9.16. The van der Waals surface area contributed by atoms with E-state index in [0.29, 0.717) is 25.0 Å². The lowest BCUT2D eigenvalue weighted by molar-refractivity contribution is -0.148. The molecule has 1 heterocycles. The van der Waals surface area contributed by atoms with E-state index < -0.39 is 18.0 Å². The van der Waals surface area contributed by atoms with Gasteiger partial charge in [-0.15, -0.1) is 5.10 Å². The highest BCUT2D eigenvalue weighted by Gasteiger charge is 2.40. The van der Waals surface area contributed by atoms with Crippen LogP contribution in [-0.2, 0) is 19.1 Å². The van der Waals surface area contributed by atoms with Crippen molar-refractivity contribution in [3.8, 4) is 11.8 Å². The lowest BCUT2D eigenvalue weighted by Gasteiger charge is -2.19. The van der Waals surface area contributed by atoms with Gasteiger partial charge in [0.05, 0.1) is 12.6 Å². The van der Waals surface area contributed by atoms with Gasteiger partial charge >= 0.3 is 11.9 Å². The standard InChI is InChI=1S/C18H24N4O5/c1-4-5-6-7-14-17(18(19)25)20-21-22(14)15-8-13(10-26-11(2)23)9-16(15)27-12(3)24/h13,15-16H,4-5,8-10H2,1-3H3,(H2,19,25)/t13-,15+,16+/m1/s1. The van der Waals surface area contributed by atoms with Crippen molar-refractivity contribution in [3.63, 3.8) is 0 Å². The molecule has 1 aliphatic carbocycles. The minimum absolute atomic E-state index is 0.0105. The Morgan fingerprint density at radius 3 is 2.59 bits per heavy atom. The van der Waals surface area contributed by atoms with Gasteiger partial charge in [0, 0.05) is 20.3 Å². The molecule has 27 heavy (non-hydrogen) atoms. The smallest absolute Gasteiger partial charge is 0.302 e. The molecule has 9 nitrogen and oxygen atoms in total. The largest absolute Gasteiger partial charge is 0.466 e. The molecule has 0 saturated heterocycles. The molecule has 2 N–H and O–H groups in total. The van der Waals surface area contributed by atoms with E-state index in [4.69, 9.17) is 15.2 Å². The summed E-state index contributed by atoms with van der Waals surface area (Å²) in [6, 6.07) is -0.374. The molecule has 1 fully saturated rings. The molecule has 0 unspecified atom stereocenters. The summed E-state index contributed by atoms with van der Waals surface area (Å²) in [6.07, 6.45) is 2.07. The number of esters is 2. The maximum atomic E-state index is 11.7. The maximum Gasteiger partial charge on any atom is 0.302 e. The van der Waals surface area contributed by atoms with Crippen LogP contribution >= 0.6 is 0 Å². The molecular weight excluding hydrogens is 352 g/mol. The predicted octanol–water partition coefficient (Wildman–Crippen LogP) is 0.974. The van der Waals surface area contributed by atoms with Crippen molar-refractivity contribution in [2.24, 2.45) is 11.7 Å². The minimum atomic E-state index is -0.722. The second-order valence-electron chi connectivity index (χ2n) is 6.50. The van der Waals surface area contributed by atoms with Crippen LogP contribution in [0.15, 0.2) is 0 Å². The number of hydrogen-bond acceptors (Lipinski definition) is 7. The average molecular weight is 376 g/mol. The fourth-order valence-corrected chi connectivity index (χ4v) is 3.12. The molecule has 0 radical (unpaired) electrons. The van der Waals surface area contributed by atoms with Crippen molar-refractivity contribution >= 4 is 17.8 Å². The highest BCUT2D eigenvalue weighted by atomic mass is 16.5. The maximum absolute atomic E-state index is 11.7. The van der Waals surface area contributed by atoms with Crippen molar-refractivity contribution in [1.82, 2.24) is 15.0 Å². The van der Waals surface area contributed by atoms with E-state index in [9.17, 15) is 14.4 Å². The van der Waals surface area contributed by atoms with E-state index >= 15 is 0 Å². The van der Waals surface area contributed by atoms with Gasteiger partial charge in [-0.3, -0.25) is 14.4 Å². The summed E-state index contributed by atoms with van der Waals surface area (Å²) in [7, 11) is 0. The number of primary amides is 1. The topological polar surface area (TPSA) is 126 Å². The molecule has 0 aromatic carbocycles. The summed E-state index contributed by atoms with van der Waals surface area (Å²) in [6.45, 7) is 4.88. The predicted molar refractivity (Wildman–Crippen MR) is 94.3 cm³/mol. The second-order valence-corrected chi connectivity index (χ2v) is 6.50. The Hall–Kier alpha value is -2.89. The summed E-state index contributed by atoms with van der Waals surface area (Å²) < 4.78 is 12.0. The van der Waals surface area contributed by atoms with E-state index in [-0.39, 0.29) is 30.2 Å². The van der Waals surface area contributed by atoms with E-state index in [2.05, 4.69) is 22.2 Å². The normalized spacial score (nSPS) is 21.2.